The van der Waals surface area contributed by atoms with Crippen LogP contribution in [0.2, 0.25) is 0 Å². The SMILES string of the molecule is Cc1cc(Cc2ccc(C(=O)NCC(=O)N3[C@H](c4cccc(F)c4)CC[C@@H]3C(F)(F)F)cc2C)c(=O)[nH]n1. The second-order valence-corrected chi connectivity index (χ2v) is 9.37. The average Bonchev–Trinajstić information content (AvgIpc) is 3.32. The van der Waals surface area contributed by atoms with Gasteiger partial charge in [-0.15, -0.1) is 0 Å². The summed E-state index contributed by atoms with van der Waals surface area (Å²) in [4.78, 5) is 38.4. The topological polar surface area (TPSA) is 95.2 Å². The van der Waals surface area contributed by atoms with Crippen LogP contribution in [0.3, 0.4) is 0 Å². The molecule has 0 spiro atoms. The number of hydrogen-bond donors (Lipinski definition) is 2. The Morgan fingerprint density at radius 1 is 1.08 bits per heavy atom. The number of nitrogens with one attached hydrogen (secondary N) is 2. The van der Waals surface area contributed by atoms with Gasteiger partial charge in [0.05, 0.1) is 18.3 Å². The first-order chi connectivity index (χ1) is 17.9. The van der Waals surface area contributed by atoms with Crippen molar-refractivity contribution in [3.63, 3.8) is 0 Å². The number of carbonyl (C=O) groups is 2. The number of alkyl halides is 3. The van der Waals surface area contributed by atoms with Crippen LogP contribution < -0.4 is 10.9 Å². The number of halogens is 4. The second kappa shape index (κ2) is 10.8. The van der Waals surface area contributed by atoms with Crippen LogP contribution in [-0.2, 0) is 11.2 Å². The minimum atomic E-state index is -4.66. The lowest BCUT2D eigenvalue weighted by Crippen LogP contribution is -2.49. The summed E-state index contributed by atoms with van der Waals surface area (Å²) in [7, 11) is 0. The molecule has 7 nitrogen and oxygen atoms in total. The van der Waals surface area contributed by atoms with E-state index >= 15 is 0 Å². The van der Waals surface area contributed by atoms with Crippen molar-refractivity contribution in [1.82, 2.24) is 20.4 Å². The fourth-order valence-corrected chi connectivity index (χ4v) is 4.80. The lowest BCUT2D eigenvalue weighted by atomic mass is 9.99. The van der Waals surface area contributed by atoms with Crippen molar-refractivity contribution in [3.05, 3.63) is 98.2 Å². The van der Waals surface area contributed by atoms with E-state index in [9.17, 15) is 31.9 Å². The summed E-state index contributed by atoms with van der Waals surface area (Å²) in [6, 6.07) is 8.64. The maximum atomic E-state index is 13.7. The van der Waals surface area contributed by atoms with Gasteiger partial charge in [-0.2, -0.15) is 18.3 Å². The highest BCUT2D eigenvalue weighted by atomic mass is 19.4. The number of amides is 2. The van der Waals surface area contributed by atoms with Crippen LogP contribution in [-0.4, -0.2) is 45.7 Å². The Kier molecular flexibility index (Phi) is 7.66. The van der Waals surface area contributed by atoms with Crippen LogP contribution >= 0.6 is 0 Å². The van der Waals surface area contributed by atoms with Gasteiger partial charge in [-0.25, -0.2) is 9.49 Å². The van der Waals surface area contributed by atoms with Gasteiger partial charge in [-0.1, -0.05) is 18.2 Å². The van der Waals surface area contributed by atoms with Crippen LogP contribution in [0, 0.1) is 19.7 Å². The van der Waals surface area contributed by atoms with E-state index < -0.39 is 42.4 Å². The molecule has 0 unspecified atom stereocenters. The van der Waals surface area contributed by atoms with Crippen LogP contribution in [0.25, 0.3) is 0 Å². The summed E-state index contributed by atoms with van der Waals surface area (Å²) < 4.78 is 54.9. The molecule has 2 N–H and O–H groups in total. The lowest BCUT2D eigenvalue weighted by Gasteiger charge is -2.32. The largest absolute Gasteiger partial charge is 0.408 e. The molecule has 2 heterocycles. The van der Waals surface area contributed by atoms with Crippen molar-refractivity contribution in [2.24, 2.45) is 0 Å². The van der Waals surface area contributed by atoms with Gasteiger partial charge in [0.15, 0.2) is 0 Å². The molecule has 3 aromatic rings. The highest BCUT2D eigenvalue weighted by Gasteiger charge is 2.51. The van der Waals surface area contributed by atoms with Gasteiger partial charge < -0.3 is 10.2 Å². The highest BCUT2D eigenvalue weighted by Crippen LogP contribution is 2.42. The van der Waals surface area contributed by atoms with Gasteiger partial charge in [-0.05, 0) is 73.7 Å². The van der Waals surface area contributed by atoms with E-state index in [1.54, 1.807) is 32.0 Å². The van der Waals surface area contributed by atoms with Crippen LogP contribution in [0.4, 0.5) is 17.6 Å². The van der Waals surface area contributed by atoms with Gasteiger partial charge in [0.1, 0.15) is 11.9 Å². The molecule has 2 aromatic carbocycles. The molecule has 0 bridgehead atoms. The van der Waals surface area contributed by atoms with Crippen molar-refractivity contribution in [1.29, 1.82) is 0 Å². The van der Waals surface area contributed by atoms with Crippen molar-refractivity contribution < 1.29 is 27.2 Å². The Morgan fingerprint density at radius 2 is 1.84 bits per heavy atom. The maximum Gasteiger partial charge on any atom is 0.408 e. The summed E-state index contributed by atoms with van der Waals surface area (Å²) in [6.45, 7) is 2.87. The number of H-pyrrole nitrogens is 1. The Bertz CT molecular complexity index is 1420. The number of benzene rings is 2. The average molecular weight is 531 g/mol. The van der Waals surface area contributed by atoms with E-state index in [1.807, 2.05) is 0 Å². The fraction of sp³-hybridized carbons (Fsp3) is 0.333. The molecule has 1 aliphatic heterocycles. The van der Waals surface area contributed by atoms with Gasteiger partial charge in [0, 0.05) is 17.5 Å². The zero-order valence-corrected chi connectivity index (χ0v) is 20.7. The first-order valence-corrected chi connectivity index (χ1v) is 12.0. The van der Waals surface area contributed by atoms with E-state index in [4.69, 9.17) is 0 Å². The molecule has 38 heavy (non-hydrogen) atoms. The summed E-state index contributed by atoms with van der Waals surface area (Å²) in [5.41, 5.74) is 2.87. The number of rotatable bonds is 6. The number of hydrogen-bond acceptors (Lipinski definition) is 4. The normalized spacial score (nSPS) is 17.5. The number of aromatic nitrogens is 2. The molecule has 0 aliphatic carbocycles. The summed E-state index contributed by atoms with van der Waals surface area (Å²) in [5.74, 6) is -2.15. The Morgan fingerprint density at radius 3 is 2.53 bits per heavy atom. The van der Waals surface area contributed by atoms with E-state index in [2.05, 4.69) is 15.5 Å². The molecule has 200 valence electrons. The lowest BCUT2D eigenvalue weighted by molar-refractivity contribution is -0.185. The van der Waals surface area contributed by atoms with Gasteiger partial charge in [-0.3, -0.25) is 14.4 Å². The third-order valence-electron chi connectivity index (χ3n) is 6.68. The minimum absolute atomic E-state index is 0.0216. The summed E-state index contributed by atoms with van der Waals surface area (Å²) in [6.07, 6.45) is -4.64. The van der Waals surface area contributed by atoms with Crippen LogP contribution in [0.5, 0.6) is 0 Å². The Hall–Kier alpha value is -4.02. The smallest absolute Gasteiger partial charge is 0.343 e. The first kappa shape index (κ1) is 27.0. The number of aromatic amines is 1. The molecule has 0 saturated carbocycles. The molecule has 1 saturated heterocycles. The molecular weight excluding hydrogens is 504 g/mol. The Labute approximate surface area is 215 Å². The zero-order valence-electron chi connectivity index (χ0n) is 20.7. The number of carbonyl (C=O) groups excluding carboxylic acids is 2. The summed E-state index contributed by atoms with van der Waals surface area (Å²) >= 11 is 0. The molecule has 1 aromatic heterocycles. The van der Waals surface area contributed by atoms with E-state index in [-0.39, 0.29) is 29.5 Å². The number of likely N-dealkylation sites (tertiary alicyclic amines) is 1. The van der Waals surface area contributed by atoms with Crippen LogP contribution in [0.15, 0.2) is 53.3 Å². The van der Waals surface area contributed by atoms with E-state index in [1.165, 1.54) is 24.3 Å². The Balaban J connectivity index is 1.47. The van der Waals surface area contributed by atoms with Crippen LogP contribution in [0.1, 0.15) is 57.2 Å². The van der Waals surface area contributed by atoms with Gasteiger partial charge >= 0.3 is 6.18 Å². The van der Waals surface area contributed by atoms with Crippen molar-refractivity contribution in [3.8, 4) is 0 Å². The molecule has 11 heteroatoms. The first-order valence-electron chi connectivity index (χ1n) is 12.0. The highest BCUT2D eigenvalue weighted by molar-refractivity contribution is 5.96. The number of nitrogens with zero attached hydrogens (tertiary/aromatic N) is 2. The number of aryl methyl sites for hydroxylation is 2. The maximum absolute atomic E-state index is 13.7. The quantitative estimate of drug-likeness (QED) is 0.469. The van der Waals surface area contributed by atoms with Crippen molar-refractivity contribution in [2.45, 2.75) is 51.4 Å². The van der Waals surface area contributed by atoms with Crippen molar-refractivity contribution in [2.75, 3.05) is 6.54 Å². The summed E-state index contributed by atoms with van der Waals surface area (Å²) in [5, 5.41) is 8.68. The van der Waals surface area contributed by atoms with Crippen molar-refractivity contribution >= 4 is 11.8 Å². The van der Waals surface area contributed by atoms with E-state index in [0.29, 0.717) is 22.6 Å². The predicted molar refractivity (Wildman–Crippen MR) is 131 cm³/mol. The molecule has 1 fully saturated rings. The third kappa shape index (κ3) is 5.92. The molecule has 2 atom stereocenters. The molecule has 4 rings (SSSR count). The van der Waals surface area contributed by atoms with Gasteiger partial charge in [0.25, 0.3) is 11.5 Å². The molecular formula is C27H26F4N4O3. The molecule has 1 aliphatic rings. The molecule has 0 radical (unpaired) electrons. The predicted octanol–water partition coefficient (Wildman–Crippen LogP) is 4.14. The minimum Gasteiger partial charge on any atom is -0.343 e. The standard InChI is InChI=1S/C27H26F4N4O3/c1-15-10-19(7-6-17(15)12-20-11-16(2)33-34-26(20)38)25(37)32-14-24(36)35-22(8-9-23(35)27(29,30)31)18-4-3-5-21(28)13-18/h3-7,10-11,13,22-23H,8-9,12,14H2,1-2H3,(H,32,37)(H,34,38)/t22-,23+/m0/s1. The molecule has 2 amide bonds. The van der Waals surface area contributed by atoms with E-state index in [0.717, 1.165) is 17.2 Å². The monoisotopic (exact) mass is 530 g/mol. The second-order valence-electron chi connectivity index (χ2n) is 9.37. The third-order valence-corrected chi connectivity index (χ3v) is 6.68. The fourth-order valence-electron chi connectivity index (χ4n) is 4.80. The van der Waals surface area contributed by atoms with Gasteiger partial charge in [0.2, 0.25) is 5.91 Å². The zero-order chi connectivity index (χ0) is 27.6.